The molecule has 0 aliphatic carbocycles. The Bertz CT molecular complexity index is 651. The van der Waals surface area contributed by atoms with Crippen LogP contribution in [0.3, 0.4) is 0 Å². The number of benzene rings is 2. The predicted molar refractivity (Wildman–Crippen MR) is 75.9 cm³/mol. The van der Waals surface area contributed by atoms with Gasteiger partial charge in [-0.25, -0.2) is 0 Å². The molecule has 0 N–H and O–H groups in total. The maximum atomic E-state index is 12.1. The van der Waals surface area contributed by atoms with E-state index in [4.69, 9.17) is 9.47 Å². The van der Waals surface area contributed by atoms with Crippen LogP contribution < -0.4 is 9.47 Å². The van der Waals surface area contributed by atoms with Crippen LogP contribution in [0.2, 0.25) is 0 Å². The predicted octanol–water partition coefficient (Wildman–Crippen LogP) is 2.87. The van der Waals surface area contributed by atoms with Gasteiger partial charge < -0.3 is 9.47 Å². The maximum absolute atomic E-state index is 12.1. The number of hydrogen-bond donors (Lipinski definition) is 0. The first-order valence-corrected chi connectivity index (χ1v) is 6.15. The number of nitro groups is 1. The summed E-state index contributed by atoms with van der Waals surface area (Å²) in [5.41, 5.74) is 0.403. The van der Waals surface area contributed by atoms with Crippen LogP contribution >= 0.6 is 0 Å². The fraction of sp³-hybridized carbons (Fsp3) is 0.133. The molecule has 0 aliphatic rings. The van der Waals surface area contributed by atoms with Gasteiger partial charge in [-0.1, -0.05) is 12.1 Å². The number of carbonyl (C=O) groups is 1. The van der Waals surface area contributed by atoms with Crippen molar-refractivity contribution in [2.75, 3.05) is 13.7 Å². The molecule has 0 amide bonds. The van der Waals surface area contributed by atoms with Gasteiger partial charge in [0, 0.05) is 12.1 Å². The molecule has 108 valence electrons. The lowest BCUT2D eigenvalue weighted by molar-refractivity contribution is -0.384. The third kappa shape index (κ3) is 3.56. The van der Waals surface area contributed by atoms with E-state index in [1.54, 1.807) is 24.3 Å². The molecule has 0 bridgehead atoms. The second-order valence-electron chi connectivity index (χ2n) is 4.16. The monoisotopic (exact) mass is 287 g/mol. The molecule has 0 saturated carbocycles. The van der Waals surface area contributed by atoms with E-state index in [0.29, 0.717) is 17.1 Å². The van der Waals surface area contributed by atoms with Crippen LogP contribution in [0.1, 0.15) is 10.4 Å². The fourth-order valence-electron chi connectivity index (χ4n) is 1.77. The summed E-state index contributed by atoms with van der Waals surface area (Å²) in [6.45, 7) is -0.168. The van der Waals surface area contributed by atoms with Crippen LogP contribution in [0.5, 0.6) is 11.5 Å². The minimum absolute atomic E-state index is 0.0293. The summed E-state index contributed by atoms with van der Waals surface area (Å²) in [6.07, 6.45) is 0. The van der Waals surface area contributed by atoms with Crippen molar-refractivity contribution in [3.8, 4) is 11.5 Å². The molecule has 2 aromatic carbocycles. The van der Waals surface area contributed by atoms with E-state index >= 15 is 0 Å². The van der Waals surface area contributed by atoms with Gasteiger partial charge in [-0.05, 0) is 24.3 Å². The van der Waals surface area contributed by atoms with Crippen LogP contribution in [0.15, 0.2) is 48.5 Å². The van der Waals surface area contributed by atoms with E-state index in [1.807, 2.05) is 0 Å². The first kappa shape index (κ1) is 14.5. The van der Waals surface area contributed by atoms with Gasteiger partial charge >= 0.3 is 0 Å². The second-order valence-corrected chi connectivity index (χ2v) is 4.16. The summed E-state index contributed by atoms with van der Waals surface area (Å²) in [6, 6.07) is 12.4. The normalized spacial score (nSPS) is 9.95. The molecule has 2 rings (SSSR count). The molecule has 0 aliphatic heterocycles. The Kier molecular flexibility index (Phi) is 4.50. The van der Waals surface area contributed by atoms with Gasteiger partial charge in [0.15, 0.2) is 6.61 Å². The Morgan fingerprint density at radius 2 is 1.81 bits per heavy atom. The van der Waals surface area contributed by atoms with E-state index in [-0.39, 0.29) is 18.1 Å². The molecule has 0 spiro atoms. The van der Waals surface area contributed by atoms with E-state index in [0.717, 1.165) is 0 Å². The number of Topliss-reactive ketones (excluding diaryl/α,β-unsaturated/α-hetero) is 1. The first-order chi connectivity index (χ1) is 10.1. The lowest BCUT2D eigenvalue weighted by Crippen LogP contribution is -2.12. The SMILES string of the molecule is COc1ccccc1C(=O)COc1ccc([N+](=O)[O-])cc1. The topological polar surface area (TPSA) is 78.7 Å². The van der Waals surface area contributed by atoms with Crippen molar-refractivity contribution in [2.24, 2.45) is 0 Å². The second kappa shape index (κ2) is 6.51. The zero-order chi connectivity index (χ0) is 15.2. The van der Waals surface area contributed by atoms with Gasteiger partial charge in [-0.2, -0.15) is 0 Å². The molecule has 6 heteroatoms. The van der Waals surface area contributed by atoms with Gasteiger partial charge in [0.25, 0.3) is 5.69 Å². The Labute approximate surface area is 121 Å². The minimum Gasteiger partial charge on any atom is -0.496 e. The summed E-state index contributed by atoms with van der Waals surface area (Å²) in [4.78, 5) is 22.1. The summed E-state index contributed by atoms with van der Waals surface area (Å²) >= 11 is 0. The minimum atomic E-state index is -0.496. The van der Waals surface area contributed by atoms with E-state index in [2.05, 4.69) is 0 Å². The fourth-order valence-corrected chi connectivity index (χ4v) is 1.77. The summed E-state index contributed by atoms with van der Waals surface area (Å²) < 4.78 is 10.4. The lowest BCUT2D eigenvalue weighted by atomic mass is 10.1. The zero-order valence-corrected chi connectivity index (χ0v) is 11.3. The van der Waals surface area contributed by atoms with Crippen molar-refractivity contribution in [2.45, 2.75) is 0 Å². The van der Waals surface area contributed by atoms with Crippen molar-refractivity contribution in [1.82, 2.24) is 0 Å². The quantitative estimate of drug-likeness (QED) is 0.463. The number of ketones is 1. The first-order valence-electron chi connectivity index (χ1n) is 6.15. The molecule has 2 aromatic rings. The molecular weight excluding hydrogens is 274 g/mol. The van der Waals surface area contributed by atoms with Gasteiger partial charge in [-0.15, -0.1) is 0 Å². The highest BCUT2D eigenvalue weighted by molar-refractivity contribution is 5.99. The number of para-hydroxylation sites is 1. The molecular formula is C15H13NO5. The Morgan fingerprint density at radius 1 is 1.14 bits per heavy atom. The maximum Gasteiger partial charge on any atom is 0.269 e. The van der Waals surface area contributed by atoms with Crippen LogP contribution in [0.25, 0.3) is 0 Å². The summed E-state index contributed by atoms with van der Waals surface area (Å²) in [5.74, 6) is 0.643. The molecule has 0 radical (unpaired) electrons. The van der Waals surface area contributed by atoms with E-state index < -0.39 is 4.92 Å². The van der Waals surface area contributed by atoms with Gasteiger partial charge in [-0.3, -0.25) is 14.9 Å². The van der Waals surface area contributed by atoms with Crippen molar-refractivity contribution < 1.29 is 19.2 Å². The van der Waals surface area contributed by atoms with Crippen LogP contribution in [0.4, 0.5) is 5.69 Å². The summed E-state index contributed by atoms with van der Waals surface area (Å²) in [7, 11) is 1.49. The van der Waals surface area contributed by atoms with Gasteiger partial charge in [0.05, 0.1) is 17.6 Å². The zero-order valence-electron chi connectivity index (χ0n) is 11.3. The number of rotatable bonds is 6. The number of hydrogen-bond acceptors (Lipinski definition) is 5. The van der Waals surface area contributed by atoms with Crippen molar-refractivity contribution in [3.63, 3.8) is 0 Å². The molecule has 0 fully saturated rings. The number of methoxy groups -OCH3 is 1. The van der Waals surface area contributed by atoms with E-state index in [1.165, 1.54) is 31.4 Å². The highest BCUT2D eigenvalue weighted by Crippen LogP contribution is 2.20. The average molecular weight is 287 g/mol. The Balaban J connectivity index is 2.02. The molecule has 6 nitrogen and oxygen atoms in total. The number of ether oxygens (including phenoxy) is 2. The summed E-state index contributed by atoms with van der Waals surface area (Å²) in [5, 5.41) is 10.5. The molecule has 21 heavy (non-hydrogen) atoms. The van der Waals surface area contributed by atoms with Crippen molar-refractivity contribution in [1.29, 1.82) is 0 Å². The van der Waals surface area contributed by atoms with Crippen molar-refractivity contribution >= 4 is 11.5 Å². The molecule has 0 saturated heterocycles. The van der Waals surface area contributed by atoms with Gasteiger partial charge in [0.2, 0.25) is 5.78 Å². The standard InChI is InChI=1S/C15H13NO5/c1-20-15-5-3-2-4-13(15)14(17)10-21-12-8-6-11(7-9-12)16(18)19/h2-9H,10H2,1H3. The number of nitrogens with zero attached hydrogens (tertiary/aromatic N) is 1. The van der Waals surface area contributed by atoms with E-state index in [9.17, 15) is 14.9 Å². The molecule has 0 atom stereocenters. The Morgan fingerprint density at radius 3 is 2.43 bits per heavy atom. The van der Waals surface area contributed by atoms with Crippen LogP contribution in [0, 0.1) is 10.1 Å². The lowest BCUT2D eigenvalue weighted by Gasteiger charge is -2.08. The number of carbonyl (C=O) groups excluding carboxylic acids is 1. The average Bonchev–Trinajstić information content (AvgIpc) is 2.52. The van der Waals surface area contributed by atoms with Gasteiger partial charge in [0.1, 0.15) is 11.5 Å². The number of non-ortho nitro benzene ring substituents is 1. The molecule has 0 unspecified atom stereocenters. The molecule has 0 heterocycles. The van der Waals surface area contributed by atoms with Crippen LogP contribution in [-0.4, -0.2) is 24.4 Å². The third-order valence-electron chi connectivity index (χ3n) is 2.82. The smallest absolute Gasteiger partial charge is 0.269 e. The van der Waals surface area contributed by atoms with Crippen molar-refractivity contribution in [3.05, 3.63) is 64.2 Å². The largest absolute Gasteiger partial charge is 0.496 e. The third-order valence-corrected chi connectivity index (χ3v) is 2.82. The van der Waals surface area contributed by atoms with Crippen LogP contribution in [-0.2, 0) is 0 Å². The highest BCUT2D eigenvalue weighted by Gasteiger charge is 2.12. The molecule has 0 aromatic heterocycles. The number of nitro benzene ring substituents is 1. The highest BCUT2D eigenvalue weighted by atomic mass is 16.6. The Hall–Kier alpha value is -2.89.